The number of esters is 3. The maximum absolute atomic E-state index is 13.0. The van der Waals surface area contributed by atoms with Crippen LogP contribution in [-0.4, -0.2) is 95.9 Å². The van der Waals surface area contributed by atoms with E-state index in [1.807, 2.05) is 0 Å². The minimum atomic E-state index is -4.94. The zero-order chi connectivity index (χ0) is 79.4. The number of carbonyl (C=O) groups excluding carboxylic acids is 3. The standard InChI is InChI=1S/C91H152O16P2/c1-4-7-10-13-16-19-22-25-28-30-32-34-36-38-39-40-41-42-43-44-45-47-49-50-52-54-57-59-62-65-68-71-74-77-89(94)101-80-86(92)81-103-108(97,98)104-82-87(93)83-105-109(99,100)106-85-88(107-91(96)79-76-73-70-67-64-61-56-27-24-21-18-15-12-9-6-3)84-102-90(95)78-75-72-69-66-63-60-58-55-53-51-48-46-37-35-33-31-29-26-23-20-17-14-11-8-5-2/h7-12,16-21,25-29,32-35,38-39,41-42,46,48,56,86-88,92-93H,4-6,13-15,22-24,30-31,36-37,40,43-45,47,49-55,57-85H2,1-3H3,(H,97,98)(H,99,100)/b10-7-,11-8-,12-9-,19-16-,20-17-,21-18-,28-25-,29-26-,34-32-,35-33-,39-38-,42-41-,48-46-,56-27-. The maximum Gasteiger partial charge on any atom is 0.472 e. The van der Waals surface area contributed by atoms with E-state index in [4.69, 9.17) is 32.3 Å². The highest BCUT2D eigenvalue weighted by molar-refractivity contribution is 7.47. The Kier molecular flexibility index (Phi) is 78.5. The number of aliphatic hydroxyl groups excluding tert-OH is 2. The Morgan fingerprint density at radius 3 is 0.725 bits per heavy atom. The predicted molar refractivity (Wildman–Crippen MR) is 454 cm³/mol. The van der Waals surface area contributed by atoms with Crippen molar-refractivity contribution in [3.05, 3.63) is 170 Å². The molecular weight excluding hydrogens is 1410 g/mol. The van der Waals surface area contributed by atoms with Crippen LogP contribution >= 0.6 is 15.6 Å². The molecule has 0 aromatic heterocycles. The molecule has 0 spiro atoms. The molecule has 0 rings (SSSR count). The molecule has 0 aromatic carbocycles. The van der Waals surface area contributed by atoms with Crippen LogP contribution in [0.5, 0.6) is 0 Å². The summed E-state index contributed by atoms with van der Waals surface area (Å²) in [5.41, 5.74) is 0. The molecule has 0 saturated carbocycles. The van der Waals surface area contributed by atoms with Gasteiger partial charge in [-0.2, -0.15) is 0 Å². The fourth-order valence-electron chi connectivity index (χ4n) is 11.1. The molecule has 0 heterocycles. The van der Waals surface area contributed by atoms with Gasteiger partial charge in [0.2, 0.25) is 0 Å². The van der Waals surface area contributed by atoms with Gasteiger partial charge in [0.05, 0.1) is 26.4 Å². The van der Waals surface area contributed by atoms with Crippen molar-refractivity contribution in [1.82, 2.24) is 0 Å². The molecule has 109 heavy (non-hydrogen) atoms. The van der Waals surface area contributed by atoms with Crippen LogP contribution < -0.4 is 0 Å². The van der Waals surface area contributed by atoms with E-state index in [0.29, 0.717) is 19.3 Å². The number of unbranched alkanes of at least 4 members (excludes halogenated alkanes) is 28. The van der Waals surface area contributed by atoms with Gasteiger partial charge in [-0.1, -0.05) is 332 Å². The average Bonchev–Trinajstić information content (AvgIpc) is 0.903. The summed E-state index contributed by atoms with van der Waals surface area (Å²) in [4.78, 5) is 58.8. The van der Waals surface area contributed by atoms with Crippen LogP contribution in [0, 0.1) is 0 Å². The fraction of sp³-hybridized carbons (Fsp3) is 0.659. The van der Waals surface area contributed by atoms with Crippen molar-refractivity contribution in [2.75, 3.05) is 39.6 Å². The molecule has 5 unspecified atom stereocenters. The third-order valence-electron chi connectivity index (χ3n) is 17.4. The number of hydrogen-bond donors (Lipinski definition) is 4. The number of aliphatic hydroxyl groups is 2. The number of phosphoric acid groups is 2. The molecule has 0 aliphatic heterocycles. The fourth-order valence-corrected chi connectivity index (χ4v) is 12.7. The lowest BCUT2D eigenvalue weighted by Gasteiger charge is -2.21. The second-order valence-electron chi connectivity index (χ2n) is 27.8. The zero-order valence-electron chi connectivity index (χ0n) is 68.2. The molecular formula is C91H152O16P2. The Bertz CT molecular complexity index is 2660. The lowest BCUT2D eigenvalue weighted by atomic mass is 10.0. The van der Waals surface area contributed by atoms with Gasteiger partial charge >= 0.3 is 33.6 Å². The second kappa shape index (κ2) is 82.4. The molecule has 0 saturated heterocycles. The largest absolute Gasteiger partial charge is 0.472 e. The molecule has 0 fully saturated rings. The van der Waals surface area contributed by atoms with E-state index in [0.717, 1.165) is 180 Å². The number of rotatable bonds is 79. The van der Waals surface area contributed by atoms with Crippen molar-refractivity contribution < 1.29 is 75.8 Å². The molecule has 18 heteroatoms. The third kappa shape index (κ3) is 83.7. The average molecular weight is 1560 g/mol. The highest BCUT2D eigenvalue weighted by Crippen LogP contribution is 2.45. The first-order valence-electron chi connectivity index (χ1n) is 42.4. The van der Waals surface area contributed by atoms with Gasteiger partial charge in [-0.05, 0) is 148 Å². The van der Waals surface area contributed by atoms with Gasteiger partial charge < -0.3 is 34.2 Å². The molecule has 5 atom stereocenters. The molecule has 4 N–H and O–H groups in total. The quantitative estimate of drug-likeness (QED) is 0.0146. The minimum Gasteiger partial charge on any atom is -0.463 e. The van der Waals surface area contributed by atoms with Gasteiger partial charge in [-0.3, -0.25) is 32.5 Å². The molecule has 16 nitrogen and oxygen atoms in total. The highest BCUT2D eigenvalue weighted by Gasteiger charge is 2.29. The Morgan fingerprint density at radius 2 is 0.459 bits per heavy atom. The van der Waals surface area contributed by atoms with Gasteiger partial charge in [0.15, 0.2) is 6.10 Å². The molecule has 0 aliphatic carbocycles. The van der Waals surface area contributed by atoms with E-state index in [2.05, 4.69) is 191 Å². The number of phosphoric ester groups is 2. The summed E-state index contributed by atoms with van der Waals surface area (Å²) >= 11 is 0. The summed E-state index contributed by atoms with van der Waals surface area (Å²) in [6.07, 6.45) is 106. The van der Waals surface area contributed by atoms with Crippen molar-refractivity contribution in [2.45, 2.75) is 347 Å². The summed E-state index contributed by atoms with van der Waals surface area (Å²) in [5, 5.41) is 20.7. The summed E-state index contributed by atoms with van der Waals surface area (Å²) in [5.74, 6) is -1.60. The smallest absolute Gasteiger partial charge is 0.463 e. The molecule has 0 aliphatic rings. The van der Waals surface area contributed by atoms with Crippen LogP contribution in [0.15, 0.2) is 170 Å². The van der Waals surface area contributed by atoms with Crippen molar-refractivity contribution in [3.8, 4) is 0 Å². The van der Waals surface area contributed by atoms with Crippen LogP contribution in [0.4, 0.5) is 0 Å². The first-order chi connectivity index (χ1) is 53.2. The summed E-state index contributed by atoms with van der Waals surface area (Å²) in [7, 11) is -9.81. The van der Waals surface area contributed by atoms with Gasteiger partial charge in [0.1, 0.15) is 25.4 Å². The molecule has 622 valence electrons. The van der Waals surface area contributed by atoms with E-state index in [1.54, 1.807) is 0 Å². The highest BCUT2D eigenvalue weighted by atomic mass is 31.2. The number of carbonyl (C=O) groups is 3. The van der Waals surface area contributed by atoms with Crippen LogP contribution in [-0.2, 0) is 55.8 Å². The van der Waals surface area contributed by atoms with E-state index in [9.17, 15) is 43.5 Å². The van der Waals surface area contributed by atoms with Crippen molar-refractivity contribution >= 4 is 33.6 Å². The van der Waals surface area contributed by atoms with Crippen LogP contribution in [0.25, 0.3) is 0 Å². The molecule has 0 amide bonds. The van der Waals surface area contributed by atoms with E-state index < -0.39 is 91.5 Å². The van der Waals surface area contributed by atoms with Gasteiger partial charge in [0, 0.05) is 19.3 Å². The van der Waals surface area contributed by atoms with E-state index in [-0.39, 0.29) is 19.3 Å². The van der Waals surface area contributed by atoms with E-state index in [1.165, 1.54) is 89.9 Å². The molecule has 0 bridgehead atoms. The SMILES string of the molecule is CC/C=C\C/C=C\C/C=C\C/C=C\C/C=C\C/C=C\CCCCCCCCCCCCCCCCC(=O)OCC(O)COP(=O)(O)OCC(O)COP(=O)(O)OCC(COC(=O)CCCCCCCCCCC/C=C\C/C=C\C/C=C\C/C=C\C/C=C\CC)OC(=O)CCCCCCC/C=C\C/C=C\C/C=C\CC. The Hall–Kier alpha value is -5.09. The lowest BCUT2D eigenvalue weighted by Crippen LogP contribution is -2.30. The first kappa shape index (κ1) is 104. The monoisotopic (exact) mass is 1560 g/mol. The maximum atomic E-state index is 13.0. The van der Waals surface area contributed by atoms with Gasteiger partial charge in [-0.15, -0.1) is 0 Å². The Balaban J connectivity index is 4.49. The summed E-state index contributed by atoms with van der Waals surface area (Å²) in [6, 6.07) is 0. The number of ether oxygens (including phenoxy) is 3. The van der Waals surface area contributed by atoms with E-state index >= 15 is 0 Å². The van der Waals surface area contributed by atoms with Crippen molar-refractivity contribution in [1.29, 1.82) is 0 Å². The van der Waals surface area contributed by atoms with Gasteiger partial charge in [0.25, 0.3) is 0 Å². The lowest BCUT2D eigenvalue weighted by molar-refractivity contribution is -0.161. The zero-order valence-corrected chi connectivity index (χ0v) is 70.0. The second-order valence-corrected chi connectivity index (χ2v) is 30.7. The Morgan fingerprint density at radius 1 is 0.257 bits per heavy atom. The molecule has 0 radical (unpaired) electrons. The van der Waals surface area contributed by atoms with Crippen LogP contribution in [0.3, 0.4) is 0 Å². The van der Waals surface area contributed by atoms with Crippen LogP contribution in [0.2, 0.25) is 0 Å². The first-order valence-corrected chi connectivity index (χ1v) is 45.4. The number of hydrogen-bond acceptors (Lipinski definition) is 14. The van der Waals surface area contributed by atoms with Crippen molar-refractivity contribution in [2.24, 2.45) is 0 Å². The summed E-state index contributed by atoms with van der Waals surface area (Å²) < 4.78 is 61.2. The number of allylic oxidation sites excluding steroid dienone is 28. The minimum absolute atomic E-state index is 0.0795. The molecule has 0 aromatic rings. The topological polar surface area (TPSA) is 231 Å². The van der Waals surface area contributed by atoms with Crippen molar-refractivity contribution in [3.63, 3.8) is 0 Å². The Labute approximate surface area is 662 Å². The predicted octanol–water partition coefficient (Wildman–Crippen LogP) is 25.5. The third-order valence-corrected chi connectivity index (χ3v) is 19.3. The van der Waals surface area contributed by atoms with Crippen LogP contribution in [0.1, 0.15) is 329 Å². The normalized spacial score (nSPS) is 14.7. The van der Waals surface area contributed by atoms with Gasteiger partial charge in [-0.25, -0.2) is 9.13 Å². The summed E-state index contributed by atoms with van der Waals surface area (Å²) in [6.45, 7) is 2.32.